The highest BCUT2D eigenvalue weighted by molar-refractivity contribution is 5.93. The molecule has 0 fully saturated rings. The van der Waals surface area contributed by atoms with Gasteiger partial charge in [0.25, 0.3) is 5.91 Å². The van der Waals surface area contributed by atoms with E-state index in [-0.39, 0.29) is 22.3 Å². The molecule has 0 radical (unpaired) electrons. The van der Waals surface area contributed by atoms with Crippen LogP contribution in [0.5, 0.6) is 0 Å². The number of hydrogen-bond acceptors (Lipinski definition) is 4. The Balaban J connectivity index is 1.77. The lowest BCUT2D eigenvalue weighted by atomic mass is 10.1. The molecule has 0 bridgehead atoms. The third-order valence-electron chi connectivity index (χ3n) is 5.01. The number of rotatable bonds is 6. The van der Waals surface area contributed by atoms with E-state index in [4.69, 9.17) is 0 Å². The van der Waals surface area contributed by atoms with E-state index in [0.717, 1.165) is 18.2 Å². The molecule has 3 heterocycles. The highest BCUT2D eigenvalue weighted by atomic mass is 19.4. The number of benzene rings is 1. The zero-order valence-corrected chi connectivity index (χ0v) is 17.4. The topological polar surface area (TPSA) is 77.1 Å². The maximum Gasteiger partial charge on any atom is 0.459 e. The quantitative estimate of drug-likeness (QED) is 0.415. The predicted molar refractivity (Wildman–Crippen MR) is 107 cm³/mol. The van der Waals surface area contributed by atoms with E-state index in [1.807, 2.05) is 6.92 Å². The van der Waals surface area contributed by atoms with E-state index < -0.39 is 40.9 Å². The van der Waals surface area contributed by atoms with Crippen molar-refractivity contribution in [2.45, 2.75) is 32.1 Å². The van der Waals surface area contributed by atoms with Crippen LogP contribution >= 0.6 is 0 Å². The van der Waals surface area contributed by atoms with Crippen molar-refractivity contribution < 1.29 is 31.1 Å². The Morgan fingerprint density at radius 1 is 1.06 bits per heavy atom. The van der Waals surface area contributed by atoms with Gasteiger partial charge in [-0.15, -0.1) is 0 Å². The van der Waals surface area contributed by atoms with Crippen molar-refractivity contribution in [3.8, 4) is 11.3 Å². The van der Waals surface area contributed by atoms with Crippen molar-refractivity contribution in [2.24, 2.45) is 0 Å². The lowest BCUT2D eigenvalue weighted by Gasteiger charge is -2.21. The minimum absolute atomic E-state index is 0.0281. The van der Waals surface area contributed by atoms with Crippen molar-refractivity contribution in [3.05, 3.63) is 71.6 Å². The number of carbonyl (C=O) groups is 1. The summed E-state index contributed by atoms with van der Waals surface area (Å²) in [6, 6.07) is 7.57. The number of aromatic nitrogens is 5. The molecule has 4 aromatic rings. The average Bonchev–Trinajstić information content (AvgIpc) is 3.43. The predicted octanol–water partition coefficient (Wildman–Crippen LogP) is 4.34. The van der Waals surface area contributed by atoms with Crippen LogP contribution in [-0.2, 0) is 19.0 Å². The normalized spacial score (nSPS) is 12.3. The van der Waals surface area contributed by atoms with Crippen LogP contribution in [0.1, 0.15) is 28.8 Å². The third-order valence-corrected chi connectivity index (χ3v) is 5.01. The highest BCUT2D eigenvalue weighted by Gasteiger charge is 2.60. The summed E-state index contributed by atoms with van der Waals surface area (Å²) in [6.07, 6.45) is -4.41. The van der Waals surface area contributed by atoms with Crippen LogP contribution in [0, 0.1) is 5.82 Å². The molecule has 0 aliphatic heterocycles. The second kappa shape index (κ2) is 8.47. The second-order valence-electron chi connectivity index (χ2n) is 7.23. The highest BCUT2D eigenvalue weighted by Crippen LogP contribution is 2.44. The molecule has 1 amide bonds. The van der Waals surface area contributed by atoms with Crippen molar-refractivity contribution in [1.82, 2.24) is 29.7 Å². The molecule has 34 heavy (non-hydrogen) atoms. The van der Waals surface area contributed by atoms with Crippen LogP contribution in [0.3, 0.4) is 0 Å². The Bertz CT molecular complexity index is 1340. The van der Waals surface area contributed by atoms with Gasteiger partial charge >= 0.3 is 12.1 Å². The number of aryl methyl sites for hydroxylation is 1. The van der Waals surface area contributed by atoms with Crippen LogP contribution in [-0.4, -0.2) is 36.5 Å². The van der Waals surface area contributed by atoms with Crippen molar-refractivity contribution in [3.63, 3.8) is 0 Å². The molecular weight excluding hydrogens is 466 g/mol. The largest absolute Gasteiger partial charge is 0.459 e. The summed E-state index contributed by atoms with van der Waals surface area (Å²) in [5.41, 5.74) is -1.88. The summed E-state index contributed by atoms with van der Waals surface area (Å²) in [4.78, 5) is 16.6. The molecule has 0 saturated heterocycles. The van der Waals surface area contributed by atoms with Crippen LogP contribution < -0.4 is 5.32 Å². The minimum Gasteiger partial charge on any atom is -0.345 e. The van der Waals surface area contributed by atoms with Gasteiger partial charge < -0.3 is 5.32 Å². The molecule has 13 heteroatoms. The summed E-state index contributed by atoms with van der Waals surface area (Å²) in [6.45, 7) is 2.41. The van der Waals surface area contributed by atoms with E-state index in [0.29, 0.717) is 18.3 Å². The van der Waals surface area contributed by atoms with E-state index in [9.17, 15) is 31.1 Å². The fraction of sp³-hybridized carbons (Fsp3) is 0.238. The zero-order valence-electron chi connectivity index (χ0n) is 17.4. The maximum atomic E-state index is 14.4. The smallest absolute Gasteiger partial charge is 0.345 e. The molecule has 3 aromatic heterocycles. The SMILES string of the molecule is CCn1nccc1CNC(=O)c1cc2nc(-c3ccc(F)cc3)cc(C(F)(F)C(F)(F)F)n2n1. The van der Waals surface area contributed by atoms with Gasteiger partial charge in [-0.2, -0.15) is 32.1 Å². The monoisotopic (exact) mass is 482 g/mol. The van der Waals surface area contributed by atoms with Gasteiger partial charge in [-0.05, 0) is 43.3 Å². The number of amides is 1. The Morgan fingerprint density at radius 3 is 2.41 bits per heavy atom. The standard InChI is InChI=1S/C21H16F6N6O/c1-2-32-14(7-8-29-32)11-28-19(34)16-10-18-30-15(12-3-5-13(22)6-4-12)9-17(33(18)31-16)20(23,24)21(25,26)27/h3-10H,2,11H2,1H3,(H,28,34). The second-order valence-corrected chi connectivity index (χ2v) is 7.23. The Kier molecular flexibility index (Phi) is 5.79. The average molecular weight is 482 g/mol. The first kappa shape index (κ1) is 23.3. The van der Waals surface area contributed by atoms with Crippen molar-refractivity contribution in [1.29, 1.82) is 0 Å². The van der Waals surface area contributed by atoms with Crippen LogP contribution in [0.4, 0.5) is 26.3 Å². The van der Waals surface area contributed by atoms with Crippen molar-refractivity contribution in [2.75, 3.05) is 0 Å². The number of nitrogens with zero attached hydrogens (tertiary/aromatic N) is 5. The summed E-state index contributed by atoms with van der Waals surface area (Å²) in [5.74, 6) is -6.74. The molecule has 4 rings (SSSR count). The molecule has 0 spiro atoms. The van der Waals surface area contributed by atoms with E-state index in [2.05, 4.69) is 20.5 Å². The zero-order chi connectivity index (χ0) is 24.7. The van der Waals surface area contributed by atoms with E-state index in [1.165, 1.54) is 18.3 Å². The van der Waals surface area contributed by atoms with Gasteiger partial charge in [-0.1, -0.05) is 0 Å². The summed E-state index contributed by atoms with van der Waals surface area (Å²) in [7, 11) is 0. The molecule has 0 aliphatic rings. The number of carbonyl (C=O) groups excluding carboxylic acids is 1. The molecule has 0 unspecified atom stereocenters. The fourth-order valence-electron chi connectivity index (χ4n) is 3.28. The lowest BCUT2D eigenvalue weighted by molar-refractivity contribution is -0.291. The van der Waals surface area contributed by atoms with Crippen molar-refractivity contribution >= 4 is 11.6 Å². The fourth-order valence-corrected chi connectivity index (χ4v) is 3.28. The van der Waals surface area contributed by atoms with Crippen LogP contribution in [0.2, 0.25) is 0 Å². The van der Waals surface area contributed by atoms with Gasteiger partial charge in [-0.25, -0.2) is 13.9 Å². The first-order chi connectivity index (χ1) is 16.0. The van der Waals surface area contributed by atoms with Gasteiger partial charge in [0.15, 0.2) is 11.3 Å². The summed E-state index contributed by atoms with van der Waals surface area (Å²) in [5, 5.41) is 10.2. The molecule has 178 valence electrons. The third kappa shape index (κ3) is 4.20. The van der Waals surface area contributed by atoms with Gasteiger partial charge in [-0.3, -0.25) is 9.48 Å². The number of nitrogens with one attached hydrogen (secondary N) is 1. The molecule has 1 N–H and O–H groups in total. The Hall–Kier alpha value is -3.90. The lowest BCUT2D eigenvalue weighted by Crippen LogP contribution is -2.36. The maximum absolute atomic E-state index is 14.4. The van der Waals surface area contributed by atoms with E-state index >= 15 is 0 Å². The van der Waals surface area contributed by atoms with Gasteiger partial charge in [0, 0.05) is 24.4 Å². The van der Waals surface area contributed by atoms with Crippen LogP contribution in [0.15, 0.2) is 48.7 Å². The summed E-state index contributed by atoms with van der Waals surface area (Å²) >= 11 is 0. The first-order valence-corrected chi connectivity index (χ1v) is 9.92. The number of fused-ring (bicyclic) bond motifs is 1. The number of hydrogen-bond donors (Lipinski definition) is 1. The molecular formula is C21H16F6N6O. The van der Waals surface area contributed by atoms with E-state index in [1.54, 1.807) is 10.7 Å². The first-order valence-electron chi connectivity index (χ1n) is 9.92. The Labute approximate surface area is 188 Å². The van der Waals surface area contributed by atoms with Gasteiger partial charge in [0.2, 0.25) is 0 Å². The number of halogens is 6. The molecule has 7 nitrogen and oxygen atoms in total. The molecule has 0 aliphatic carbocycles. The Morgan fingerprint density at radius 2 is 1.76 bits per heavy atom. The molecule has 1 aromatic carbocycles. The molecule has 0 saturated carbocycles. The van der Waals surface area contributed by atoms with Crippen LogP contribution in [0.25, 0.3) is 16.9 Å². The summed E-state index contributed by atoms with van der Waals surface area (Å²) < 4.78 is 83.5. The minimum atomic E-state index is -5.94. The number of alkyl halides is 5. The van der Waals surface area contributed by atoms with Gasteiger partial charge in [0.05, 0.1) is 17.9 Å². The van der Waals surface area contributed by atoms with Gasteiger partial charge in [0.1, 0.15) is 11.5 Å². The molecule has 0 atom stereocenters.